The molecule has 0 spiro atoms. The Kier molecular flexibility index (Phi) is 3.91. The molecule has 0 heterocycles. The first kappa shape index (κ1) is 13.4. The lowest BCUT2D eigenvalue weighted by molar-refractivity contribution is -0.0593. The van der Waals surface area contributed by atoms with E-state index in [4.69, 9.17) is 4.74 Å². The molecular weight excluding hydrogens is 220 g/mol. The number of rotatable bonds is 5. The van der Waals surface area contributed by atoms with Gasteiger partial charge in [0.05, 0.1) is 13.2 Å². The monoisotopic (exact) mass is 244 g/mol. The van der Waals surface area contributed by atoms with Gasteiger partial charge in [0.1, 0.15) is 0 Å². The topological polar surface area (TPSA) is 9.23 Å². The van der Waals surface area contributed by atoms with E-state index in [1.54, 1.807) is 0 Å². The summed E-state index contributed by atoms with van der Waals surface area (Å²) in [5.74, 6) is 1.34. The number of hydrogen-bond acceptors (Lipinski definition) is 1. The Morgan fingerprint density at radius 2 is 2.00 bits per heavy atom. The van der Waals surface area contributed by atoms with Gasteiger partial charge in [0, 0.05) is 0 Å². The second kappa shape index (κ2) is 5.27. The fourth-order valence-corrected chi connectivity index (χ4v) is 3.03. The van der Waals surface area contributed by atoms with Crippen molar-refractivity contribution in [1.29, 1.82) is 0 Å². The summed E-state index contributed by atoms with van der Waals surface area (Å²) in [5.41, 5.74) is 2.92. The molecule has 0 radical (unpaired) electrons. The highest BCUT2D eigenvalue weighted by Crippen LogP contribution is 2.54. The predicted molar refractivity (Wildman–Crippen MR) is 76.3 cm³/mol. The molecule has 2 atom stereocenters. The lowest BCUT2D eigenvalue weighted by Gasteiger charge is -2.52. The van der Waals surface area contributed by atoms with Crippen LogP contribution in [0, 0.1) is 17.3 Å². The van der Waals surface area contributed by atoms with Gasteiger partial charge in [0.15, 0.2) is 0 Å². The summed E-state index contributed by atoms with van der Waals surface area (Å²) in [6.07, 6.45) is 1.23. The summed E-state index contributed by atoms with van der Waals surface area (Å²) in [6.45, 7) is 12.5. The molecule has 1 fully saturated rings. The van der Waals surface area contributed by atoms with Gasteiger partial charge in [0.2, 0.25) is 0 Å². The standard InChI is InChI=1S/C17H24O/c1-13(2)16-10-15(17(16,3)4)12-18-11-14-8-6-5-7-9-14/h5-9,15-16H,1,10-12H2,2-4H3/t15-,16+/m1/s1. The van der Waals surface area contributed by atoms with Crippen LogP contribution >= 0.6 is 0 Å². The van der Waals surface area contributed by atoms with Gasteiger partial charge in [-0.2, -0.15) is 0 Å². The van der Waals surface area contributed by atoms with Crippen molar-refractivity contribution in [2.45, 2.75) is 33.8 Å². The molecule has 0 aromatic heterocycles. The average molecular weight is 244 g/mol. The molecular formula is C17H24O. The number of benzene rings is 1. The summed E-state index contributed by atoms with van der Waals surface area (Å²) < 4.78 is 5.86. The van der Waals surface area contributed by atoms with Gasteiger partial charge in [0.25, 0.3) is 0 Å². The molecule has 0 bridgehead atoms. The molecule has 2 rings (SSSR count). The zero-order valence-corrected chi connectivity index (χ0v) is 11.8. The van der Waals surface area contributed by atoms with Crippen molar-refractivity contribution >= 4 is 0 Å². The number of ether oxygens (including phenoxy) is 1. The third kappa shape index (κ3) is 2.67. The van der Waals surface area contributed by atoms with Crippen LogP contribution in [0.1, 0.15) is 32.8 Å². The van der Waals surface area contributed by atoms with Crippen molar-refractivity contribution in [3.05, 3.63) is 48.0 Å². The Hall–Kier alpha value is -1.08. The molecule has 0 amide bonds. The van der Waals surface area contributed by atoms with Gasteiger partial charge in [-0.1, -0.05) is 56.3 Å². The molecule has 98 valence electrons. The van der Waals surface area contributed by atoms with Crippen LogP contribution in [0.25, 0.3) is 0 Å². The zero-order valence-electron chi connectivity index (χ0n) is 11.8. The molecule has 1 aliphatic carbocycles. The van der Waals surface area contributed by atoms with E-state index in [9.17, 15) is 0 Å². The number of hydrogen-bond donors (Lipinski definition) is 0. The summed E-state index contributed by atoms with van der Waals surface area (Å²) in [4.78, 5) is 0. The average Bonchev–Trinajstić information content (AvgIpc) is 2.33. The molecule has 0 saturated heterocycles. The van der Waals surface area contributed by atoms with Gasteiger partial charge in [-0.25, -0.2) is 0 Å². The molecule has 1 saturated carbocycles. The largest absolute Gasteiger partial charge is 0.376 e. The first-order valence-corrected chi connectivity index (χ1v) is 6.79. The fourth-order valence-electron chi connectivity index (χ4n) is 3.03. The molecule has 1 aromatic rings. The van der Waals surface area contributed by atoms with Crippen molar-refractivity contribution in [3.63, 3.8) is 0 Å². The van der Waals surface area contributed by atoms with Crippen molar-refractivity contribution in [2.24, 2.45) is 17.3 Å². The molecule has 0 N–H and O–H groups in total. The highest BCUT2D eigenvalue weighted by molar-refractivity contribution is 5.14. The van der Waals surface area contributed by atoms with E-state index in [1.165, 1.54) is 17.6 Å². The summed E-state index contributed by atoms with van der Waals surface area (Å²) in [6, 6.07) is 10.4. The van der Waals surface area contributed by atoms with Crippen molar-refractivity contribution in [2.75, 3.05) is 6.61 Å². The normalized spacial score (nSPS) is 25.5. The first-order valence-electron chi connectivity index (χ1n) is 6.79. The van der Waals surface area contributed by atoms with E-state index in [0.717, 1.165) is 13.2 Å². The first-order chi connectivity index (χ1) is 8.51. The lowest BCUT2D eigenvalue weighted by Crippen LogP contribution is -2.47. The molecule has 1 aliphatic rings. The maximum atomic E-state index is 5.86. The Labute approximate surface area is 111 Å². The van der Waals surface area contributed by atoms with Crippen LogP contribution in [0.3, 0.4) is 0 Å². The van der Waals surface area contributed by atoms with Crippen LogP contribution < -0.4 is 0 Å². The van der Waals surface area contributed by atoms with Crippen LogP contribution in [-0.4, -0.2) is 6.61 Å². The highest BCUT2D eigenvalue weighted by Gasteiger charge is 2.47. The second-order valence-corrected chi connectivity index (χ2v) is 6.15. The minimum Gasteiger partial charge on any atom is -0.376 e. The van der Waals surface area contributed by atoms with Crippen LogP contribution in [0.4, 0.5) is 0 Å². The zero-order chi connectivity index (χ0) is 13.2. The van der Waals surface area contributed by atoms with Gasteiger partial charge in [-0.15, -0.1) is 0 Å². The van der Waals surface area contributed by atoms with E-state index < -0.39 is 0 Å². The molecule has 18 heavy (non-hydrogen) atoms. The Balaban J connectivity index is 1.78. The van der Waals surface area contributed by atoms with Crippen LogP contribution in [0.5, 0.6) is 0 Å². The lowest BCUT2D eigenvalue weighted by atomic mass is 9.53. The Morgan fingerprint density at radius 3 is 2.56 bits per heavy atom. The van der Waals surface area contributed by atoms with Gasteiger partial charge < -0.3 is 4.74 Å². The minimum atomic E-state index is 0.350. The Bertz CT molecular complexity index is 405. The maximum Gasteiger partial charge on any atom is 0.0717 e. The quantitative estimate of drug-likeness (QED) is 0.696. The second-order valence-electron chi connectivity index (χ2n) is 6.15. The third-order valence-electron chi connectivity index (χ3n) is 4.50. The van der Waals surface area contributed by atoms with Crippen molar-refractivity contribution < 1.29 is 4.74 Å². The Morgan fingerprint density at radius 1 is 1.33 bits per heavy atom. The molecule has 0 unspecified atom stereocenters. The molecule has 1 heteroatoms. The molecule has 0 aliphatic heterocycles. The van der Waals surface area contributed by atoms with E-state index in [0.29, 0.717) is 17.3 Å². The summed E-state index contributed by atoms with van der Waals surface area (Å²) in [5, 5.41) is 0. The smallest absolute Gasteiger partial charge is 0.0717 e. The summed E-state index contributed by atoms with van der Waals surface area (Å²) >= 11 is 0. The van der Waals surface area contributed by atoms with Crippen LogP contribution in [0.15, 0.2) is 42.5 Å². The maximum absolute atomic E-state index is 5.86. The fraction of sp³-hybridized carbons (Fsp3) is 0.529. The van der Waals surface area contributed by atoms with Crippen molar-refractivity contribution in [3.8, 4) is 0 Å². The summed E-state index contributed by atoms with van der Waals surface area (Å²) in [7, 11) is 0. The SMILES string of the molecule is C=C(C)[C@@H]1C[C@H](COCc2ccccc2)C1(C)C. The molecule has 1 nitrogen and oxygen atoms in total. The van der Waals surface area contributed by atoms with Crippen molar-refractivity contribution in [1.82, 2.24) is 0 Å². The number of allylic oxidation sites excluding steroid dienone is 1. The van der Waals surface area contributed by atoms with E-state index >= 15 is 0 Å². The van der Waals surface area contributed by atoms with Gasteiger partial charge >= 0.3 is 0 Å². The van der Waals surface area contributed by atoms with Gasteiger partial charge in [-0.05, 0) is 36.2 Å². The minimum absolute atomic E-state index is 0.350. The molecule has 1 aromatic carbocycles. The highest BCUT2D eigenvalue weighted by atomic mass is 16.5. The van der Waals surface area contributed by atoms with E-state index in [1.807, 2.05) is 6.07 Å². The van der Waals surface area contributed by atoms with E-state index in [2.05, 4.69) is 51.6 Å². The van der Waals surface area contributed by atoms with Crippen LogP contribution in [0.2, 0.25) is 0 Å². The van der Waals surface area contributed by atoms with E-state index in [-0.39, 0.29) is 0 Å². The predicted octanol–water partition coefficient (Wildman–Crippen LogP) is 4.44. The van der Waals surface area contributed by atoms with Crippen LogP contribution in [-0.2, 0) is 11.3 Å². The van der Waals surface area contributed by atoms with Gasteiger partial charge in [-0.3, -0.25) is 0 Å². The third-order valence-corrected chi connectivity index (χ3v) is 4.50.